The van der Waals surface area contributed by atoms with E-state index in [1.165, 1.54) is 16.8 Å². The van der Waals surface area contributed by atoms with Crippen molar-refractivity contribution in [2.45, 2.75) is 0 Å². The Labute approximate surface area is 170 Å². The maximum Gasteiger partial charge on any atom is 0.283 e. The van der Waals surface area contributed by atoms with Crippen LogP contribution in [0.3, 0.4) is 0 Å². The number of ether oxygens (including phenoxy) is 3. The van der Waals surface area contributed by atoms with Gasteiger partial charge in [0.2, 0.25) is 12.0 Å². The van der Waals surface area contributed by atoms with Crippen molar-refractivity contribution in [3.05, 3.63) is 59.7 Å². The molecule has 0 atom stereocenters. The summed E-state index contributed by atoms with van der Waals surface area (Å²) in [7, 11) is 0. The van der Waals surface area contributed by atoms with Gasteiger partial charge in [0.05, 0.1) is 5.57 Å². The van der Waals surface area contributed by atoms with Gasteiger partial charge in [-0.2, -0.15) is 15.1 Å². The number of carbonyl (C=O) groups is 1. The van der Waals surface area contributed by atoms with Crippen LogP contribution in [0, 0.1) is 5.41 Å². The van der Waals surface area contributed by atoms with Crippen LogP contribution in [0.15, 0.2) is 64.2 Å². The Hall–Kier alpha value is -3.59. The third kappa shape index (κ3) is 3.36. The van der Waals surface area contributed by atoms with Crippen LogP contribution in [-0.2, 0) is 4.79 Å². The molecule has 0 radical (unpaired) electrons. The standard InChI is InChI=1S/C20H14N4O4S/c21-18-14(8-12-6-7-15-16(9-12)28-11-27-15)19(25)22-20-24(18)23-17(29-20)10-26-13-4-2-1-3-5-13/h1-9,21H,10-11H2. The van der Waals surface area contributed by atoms with Crippen molar-refractivity contribution in [1.82, 2.24) is 5.01 Å². The fourth-order valence-electron chi connectivity index (χ4n) is 2.92. The topological polar surface area (TPSA) is 96.6 Å². The van der Waals surface area contributed by atoms with Crippen LogP contribution in [0.4, 0.5) is 0 Å². The van der Waals surface area contributed by atoms with Crippen molar-refractivity contribution in [3.63, 3.8) is 0 Å². The molecule has 5 rings (SSSR count). The predicted molar refractivity (Wildman–Crippen MR) is 110 cm³/mol. The van der Waals surface area contributed by atoms with Gasteiger partial charge in [0.15, 0.2) is 17.3 Å². The Morgan fingerprint density at radius 1 is 1.17 bits per heavy atom. The highest BCUT2D eigenvalue weighted by Crippen LogP contribution is 2.34. The number of carbonyl (C=O) groups excluding carboxylic acids is 1. The first kappa shape index (κ1) is 17.5. The zero-order chi connectivity index (χ0) is 19.8. The van der Waals surface area contributed by atoms with Gasteiger partial charge < -0.3 is 14.2 Å². The number of rotatable bonds is 4. The molecular weight excluding hydrogens is 392 g/mol. The molecule has 0 bridgehead atoms. The lowest BCUT2D eigenvalue weighted by atomic mass is 10.1. The van der Waals surface area contributed by atoms with Gasteiger partial charge in [-0.15, -0.1) is 0 Å². The van der Waals surface area contributed by atoms with Gasteiger partial charge in [-0.1, -0.05) is 24.3 Å². The number of thioether (sulfide) groups is 1. The molecule has 3 heterocycles. The molecule has 1 amide bonds. The van der Waals surface area contributed by atoms with Crippen LogP contribution in [0.2, 0.25) is 0 Å². The zero-order valence-electron chi connectivity index (χ0n) is 15.0. The van der Waals surface area contributed by atoms with E-state index in [1.54, 1.807) is 24.3 Å². The molecule has 0 fully saturated rings. The summed E-state index contributed by atoms with van der Waals surface area (Å²) in [5.74, 6) is 1.47. The van der Waals surface area contributed by atoms with Gasteiger partial charge in [0.25, 0.3) is 5.91 Å². The summed E-state index contributed by atoms with van der Waals surface area (Å²) >= 11 is 1.22. The highest BCUT2D eigenvalue weighted by Gasteiger charge is 2.35. The number of hydrogen-bond acceptors (Lipinski definition) is 7. The third-order valence-electron chi connectivity index (χ3n) is 4.31. The molecule has 1 N–H and O–H groups in total. The third-order valence-corrected chi connectivity index (χ3v) is 5.19. The lowest BCUT2D eigenvalue weighted by Gasteiger charge is -2.20. The van der Waals surface area contributed by atoms with Crippen LogP contribution in [-0.4, -0.2) is 40.4 Å². The van der Waals surface area contributed by atoms with Crippen LogP contribution < -0.4 is 14.2 Å². The molecule has 3 aliphatic rings. The van der Waals surface area contributed by atoms with Crippen molar-refractivity contribution >= 4 is 39.8 Å². The van der Waals surface area contributed by atoms with Crippen molar-refractivity contribution in [3.8, 4) is 17.2 Å². The number of hydrogen-bond donors (Lipinski definition) is 1. The molecule has 0 aromatic heterocycles. The molecule has 9 heteroatoms. The van der Waals surface area contributed by atoms with E-state index in [1.807, 2.05) is 30.3 Å². The molecule has 144 valence electrons. The molecule has 0 spiro atoms. The second kappa shape index (κ2) is 7.10. The normalized spacial score (nSPS) is 18.6. The highest BCUT2D eigenvalue weighted by atomic mass is 32.2. The van der Waals surface area contributed by atoms with E-state index in [9.17, 15) is 4.79 Å². The van der Waals surface area contributed by atoms with E-state index >= 15 is 0 Å². The first-order valence-corrected chi connectivity index (χ1v) is 9.55. The molecular formula is C20H14N4O4S. The molecule has 8 nitrogen and oxygen atoms in total. The van der Waals surface area contributed by atoms with E-state index in [-0.39, 0.29) is 24.8 Å². The van der Waals surface area contributed by atoms with E-state index in [0.717, 1.165) is 5.75 Å². The van der Waals surface area contributed by atoms with E-state index in [2.05, 4.69) is 10.1 Å². The minimum absolute atomic E-state index is 0.0279. The number of para-hydroxylation sites is 1. The van der Waals surface area contributed by atoms with Gasteiger partial charge in [0.1, 0.15) is 17.4 Å². The summed E-state index contributed by atoms with van der Waals surface area (Å²) < 4.78 is 16.4. The molecule has 29 heavy (non-hydrogen) atoms. The first-order valence-electron chi connectivity index (χ1n) is 8.74. The largest absolute Gasteiger partial charge is 0.487 e. The number of benzene rings is 2. The number of nitrogens with zero attached hydrogens (tertiary/aromatic N) is 3. The van der Waals surface area contributed by atoms with Crippen LogP contribution >= 0.6 is 11.8 Å². The Balaban J connectivity index is 1.36. The number of fused-ring (bicyclic) bond motifs is 2. The van der Waals surface area contributed by atoms with Crippen LogP contribution in [0.25, 0.3) is 6.08 Å². The van der Waals surface area contributed by atoms with Crippen molar-refractivity contribution in [1.29, 1.82) is 5.41 Å². The summed E-state index contributed by atoms with van der Waals surface area (Å²) in [6.45, 7) is 0.401. The second-order valence-corrected chi connectivity index (χ2v) is 7.27. The number of amidine groups is 2. The average Bonchev–Trinajstić information content (AvgIpc) is 3.36. The van der Waals surface area contributed by atoms with Crippen LogP contribution in [0.5, 0.6) is 17.2 Å². The SMILES string of the molecule is N=C1C(=Cc2ccc3c(c2)OCO3)C(=O)N=C2SC(COc3ccccc3)=NN12. The summed E-state index contributed by atoms with van der Waals surface area (Å²) in [6, 6.07) is 14.7. The first-order chi connectivity index (χ1) is 14.2. The molecule has 0 saturated carbocycles. The number of aliphatic imine (C=N–C) groups is 1. The number of hydrazone groups is 1. The Bertz CT molecular complexity index is 1110. The highest BCUT2D eigenvalue weighted by molar-refractivity contribution is 8.27. The minimum Gasteiger partial charge on any atom is -0.487 e. The lowest BCUT2D eigenvalue weighted by Crippen LogP contribution is -2.35. The maximum absolute atomic E-state index is 12.5. The number of amides is 1. The Morgan fingerprint density at radius 2 is 2.00 bits per heavy atom. The van der Waals surface area contributed by atoms with E-state index in [4.69, 9.17) is 19.6 Å². The number of nitrogens with one attached hydrogen (secondary N) is 1. The van der Waals surface area contributed by atoms with Crippen LogP contribution in [0.1, 0.15) is 5.56 Å². The summed E-state index contributed by atoms with van der Waals surface area (Å²) in [5.41, 5.74) is 0.867. The second-order valence-electron chi connectivity index (χ2n) is 6.23. The Kier molecular flexibility index (Phi) is 4.28. The van der Waals surface area contributed by atoms with Gasteiger partial charge in [-0.25, -0.2) is 0 Å². The molecule has 2 aromatic carbocycles. The quantitative estimate of drug-likeness (QED) is 0.784. The molecule has 2 aromatic rings. The summed E-state index contributed by atoms with van der Waals surface area (Å²) in [6.07, 6.45) is 1.60. The average molecular weight is 406 g/mol. The fourth-order valence-corrected chi connectivity index (χ4v) is 3.72. The van der Waals surface area contributed by atoms with Gasteiger partial charge in [-0.3, -0.25) is 10.2 Å². The predicted octanol–water partition coefficient (Wildman–Crippen LogP) is 3.11. The van der Waals surface area contributed by atoms with E-state index in [0.29, 0.717) is 27.3 Å². The van der Waals surface area contributed by atoms with Crippen molar-refractivity contribution in [2.24, 2.45) is 10.1 Å². The molecule has 3 aliphatic heterocycles. The monoisotopic (exact) mass is 406 g/mol. The summed E-state index contributed by atoms with van der Waals surface area (Å²) in [4.78, 5) is 16.6. The van der Waals surface area contributed by atoms with Gasteiger partial charge >= 0.3 is 0 Å². The zero-order valence-corrected chi connectivity index (χ0v) is 15.8. The molecule has 0 unspecified atom stereocenters. The van der Waals surface area contributed by atoms with Crippen molar-refractivity contribution in [2.75, 3.05) is 13.4 Å². The maximum atomic E-state index is 12.5. The molecule has 0 saturated heterocycles. The minimum atomic E-state index is -0.480. The van der Waals surface area contributed by atoms with Crippen molar-refractivity contribution < 1.29 is 19.0 Å². The Morgan fingerprint density at radius 3 is 2.86 bits per heavy atom. The smallest absolute Gasteiger partial charge is 0.283 e. The van der Waals surface area contributed by atoms with E-state index < -0.39 is 5.91 Å². The fraction of sp³-hybridized carbons (Fsp3) is 0.100. The summed E-state index contributed by atoms with van der Waals surface area (Å²) in [5, 5.41) is 15.1. The van der Waals surface area contributed by atoms with Gasteiger partial charge in [0, 0.05) is 0 Å². The lowest BCUT2D eigenvalue weighted by molar-refractivity contribution is -0.114. The molecule has 0 aliphatic carbocycles. The van der Waals surface area contributed by atoms with Gasteiger partial charge in [-0.05, 0) is 47.7 Å².